The molecule has 33 heavy (non-hydrogen) atoms. The van der Waals surface area contributed by atoms with Crippen LogP contribution in [0.25, 0.3) is 0 Å². The van der Waals surface area contributed by atoms with Crippen molar-refractivity contribution in [2.75, 3.05) is 18.1 Å². The van der Waals surface area contributed by atoms with Gasteiger partial charge in [-0.3, -0.25) is 14.4 Å². The number of para-hydroxylation sites is 1. The Morgan fingerprint density at radius 3 is 2.30 bits per heavy atom. The van der Waals surface area contributed by atoms with Gasteiger partial charge in [-0.1, -0.05) is 66.7 Å². The minimum absolute atomic E-state index is 0.0769. The lowest BCUT2D eigenvalue weighted by Crippen LogP contribution is -2.38. The molecule has 1 heterocycles. The van der Waals surface area contributed by atoms with Crippen molar-refractivity contribution in [1.82, 2.24) is 5.32 Å². The highest BCUT2D eigenvalue weighted by molar-refractivity contribution is 5.96. The van der Waals surface area contributed by atoms with Crippen LogP contribution in [0, 0.1) is 0 Å². The van der Waals surface area contributed by atoms with Crippen LogP contribution in [-0.4, -0.2) is 30.9 Å². The van der Waals surface area contributed by atoms with Crippen molar-refractivity contribution in [2.24, 2.45) is 0 Å². The quantitative estimate of drug-likeness (QED) is 0.560. The van der Waals surface area contributed by atoms with Crippen molar-refractivity contribution in [3.8, 4) is 0 Å². The molecule has 1 N–H and O–H groups in total. The first kappa shape index (κ1) is 22.3. The van der Waals surface area contributed by atoms with Crippen LogP contribution in [0.4, 0.5) is 5.69 Å². The number of hydrogen-bond acceptors (Lipinski definition) is 4. The smallest absolute Gasteiger partial charge is 0.308 e. The summed E-state index contributed by atoms with van der Waals surface area (Å²) in [4.78, 5) is 39.8. The van der Waals surface area contributed by atoms with Gasteiger partial charge in [0, 0.05) is 17.8 Å². The van der Waals surface area contributed by atoms with E-state index >= 15 is 0 Å². The maximum absolute atomic E-state index is 12.8. The SMILES string of the molecule is O=C(CC(NC(=O)c1ccccc1)c1ccccc1)OCC(=O)N1CCCc2ccccc21. The summed E-state index contributed by atoms with van der Waals surface area (Å²) in [5.74, 6) is -1.07. The van der Waals surface area contributed by atoms with Crippen molar-refractivity contribution in [2.45, 2.75) is 25.3 Å². The zero-order chi connectivity index (χ0) is 23.0. The molecule has 0 bridgehead atoms. The van der Waals surface area contributed by atoms with Gasteiger partial charge in [0.2, 0.25) is 0 Å². The van der Waals surface area contributed by atoms with Gasteiger partial charge in [-0.25, -0.2) is 0 Å². The zero-order valence-corrected chi connectivity index (χ0v) is 18.3. The van der Waals surface area contributed by atoms with E-state index in [4.69, 9.17) is 4.74 Å². The van der Waals surface area contributed by atoms with Crippen molar-refractivity contribution in [3.63, 3.8) is 0 Å². The predicted octanol–water partition coefficient (Wildman–Crippen LogP) is 4.07. The van der Waals surface area contributed by atoms with Crippen LogP contribution in [0.5, 0.6) is 0 Å². The van der Waals surface area contributed by atoms with E-state index in [9.17, 15) is 14.4 Å². The van der Waals surface area contributed by atoms with Crippen LogP contribution in [0.15, 0.2) is 84.9 Å². The van der Waals surface area contributed by atoms with E-state index in [1.165, 1.54) is 0 Å². The Balaban J connectivity index is 1.39. The van der Waals surface area contributed by atoms with Gasteiger partial charge in [0.05, 0.1) is 12.5 Å². The number of esters is 1. The summed E-state index contributed by atoms with van der Waals surface area (Å²) >= 11 is 0. The molecule has 1 aliphatic rings. The molecule has 0 spiro atoms. The predicted molar refractivity (Wildman–Crippen MR) is 126 cm³/mol. The van der Waals surface area contributed by atoms with E-state index in [1.807, 2.05) is 60.7 Å². The molecule has 0 saturated heterocycles. The molecular weight excluding hydrogens is 416 g/mol. The third kappa shape index (κ3) is 5.66. The molecule has 6 heteroatoms. The number of amides is 2. The van der Waals surface area contributed by atoms with Crippen LogP contribution in [0.1, 0.15) is 40.4 Å². The number of anilines is 1. The summed E-state index contributed by atoms with van der Waals surface area (Å²) in [6.45, 7) is 0.272. The third-order valence-corrected chi connectivity index (χ3v) is 5.68. The molecule has 1 unspecified atom stereocenters. The molecule has 2 amide bonds. The molecule has 4 rings (SSSR count). The molecule has 1 aliphatic heterocycles. The van der Waals surface area contributed by atoms with Crippen LogP contribution < -0.4 is 10.2 Å². The second kappa shape index (κ2) is 10.6. The minimum atomic E-state index is -0.572. The van der Waals surface area contributed by atoms with Crippen molar-refractivity contribution >= 4 is 23.5 Å². The van der Waals surface area contributed by atoms with E-state index in [1.54, 1.807) is 29.2 Å². The van der Waals surface area contributed by atoms with E-state index in [0.717, 1.165) is 29.7 Å². The maximum Gasteiger partial charge on any atom is 0.308 e. The number of nitrogens with zero attached hydrogens (tertiary/aromatic N) is 1. The molecule has 0 saturated carbocycles. The van der Waals surface area contributed by atoms with Crippen LogP contribution >= 0.6 is 0 Å². The first-order chi connectivity index (χ1) is 16.1. The summed E-state index contributed by atoms with van der Waals surface area (Å²) in [6, 6.07) is 25.3. The Kier molecular flexibility index (Phi) is 7.15. The molecule has 0 aliphatic carbocycles. The van der Waals surface area contributed by atoms with E-state index in [-0.39, 0.29) is 24.8 Å². The fourth-order valence-electron chi connectivity index (χ4n) is 4.01. The summed E-state index contributed by atoms with van der Waals surface area (Å²) < 4.78 is 5.33. The van der Waals surface area contributed by atoms with Crippen LogP contribution in [-0.2, 0) is 20.7 Å². The highest BCUT2D eigenvalue weighted by atomic mass is 16.5. The summed E-state index contributed by atoms with van der Waals surface area (Å²) in [5, 5.41) is 2.91. The fraction of sp³-hybridized carbons (Fsp3) is 0.222. The van der Waals surface area contributed by atoms with Gasteiger partial charge in [-0.05, 0) is 42.2 Å². The van der Waals surface area contributed by atoms with Gasteiger partial charge < -0.3 is 15.0 Å². The lowest BCUT2D eigenvalue weighted by atomic mass is 10.0. The first-order valence-corrected chi connectivity index (χ1v) is 11.1. The number of ether oxygens (including phenoxy) is 1. The summed E-state index contributed by atoms with van der Waals surface area (Å²) in [5.41, 5.74) is 3.29. The van der Waals surface area contributed by atoms with Crippen molar-refractivity contribution in [3.05, 3.63) is 102 Å². The van der Waals surface area contributed by atoms with Gasteiger partial charge in [-0.2, -0.15) is 0 Å². The second-order valence-corrected chi connectivity index (χ2v) is 7.95. The maximum atomic E-state index is 12.8. The lowest BCUT2D eigenvalue weighted by molar-refractivity contribution is -0.148. The largest absolute Gasteiger partial charge is 0.455 e. The Morgan fingerprint density at radius 2 is 1.55 bits per heavy atom. The Hall–Kier alpha value is -3.93. The van der Waals surface area contributed by atoms with Gasteiger partial charge in [0.25, 0.3) is 11.8 Å². The molecule has 168 valence electrons. The zero-order valence-electron chi connectivity index (χ0n) is 18.3. The van der Waals surface area contributed by atoms with Gasteiger partial charge in [0.1, 0.15) is 0 Å². The Morgan fingerprint density at radius 1 is 0.879 bits per heavy atom. The van der Waals surface area contributed by atoms with Crippen molar-refractivity contribution < 1.29 is 19.1 Å². The number of aryl methyl sites for hydroxylation is 1. The number of rotatable bonds is 7. The highest BCUT2D eigenvalue weighted by Gasteiger charge is 2.24. The number of hydrogen-bond donors (Lipinski definition) is 1. The standard InChI is InChI=1S/C27H26N2O4/c30-25(29-17-9-15-21-12-7-8-16-24(21)29)19-33-26(31)18-23(20-10-3-1-4-11-20)28-27(32)22-13-5-2-6-14-22/h1-8,10-14,16,23H,9,15,17-19H2,(H,28,32). The van der Waals surface area contributed by atoms with Crippen LogP contribution in [0.3, 0.4) is 0 Å². The number of fused-ring (bicyclic) bond motifs is 1. The molecule has 0 radical (unpaired) electrons. The van der Waals surface area contributed by atoms with E-state index < -0.39 is 12.0 Å². The molecule has 0 aromatic heterocycles. The number of carbonyl (C=O) groups excluding carboxylic acids is 3. The number of benzene rings is 3. The topological polar surface area (TPSA) is 75.7 Å². The minimum Gasteiger partial charge on any atom is -0.455 e. The van der Waals surface area contributed by atoms with Gasteiger partial charge in [-0.15, -0.1) is 0 Å². The van der Waals surface area contributed by atoms with Gasteiger partial charge in [0.15, 0.2) is 6.61 Å². The van der Waals surface area contributed by atoms with E-state index in [2.05, 4.69) is 5.32 Å². The summed E-state index contributed by atoms with van der Waals surface area (Å²) in [6.07, 6.45) is 1.73. The summed E-state index contributed by atoms with van der Waals surface area (Å²) in [7, 11) is 0. The number of carbonyl (C=O) groups is 3. The molecular formula is C27H26N2O4. The molecule has 6 nitrogen and oxygen atoms in total. The Labute approximate surface area is 193 Å². The second-order valence-electron chi connectivity index (χ2n) is 7.95. The highest BCUT2D eigenvalue weighted by Crippen LogP contribution is 2.26. The molecule has 0 fully saturated rings. The first-order valence-electron chi connectivity index (χ1n) is 11.1. The Bertz CT molecular complexity index is 1120. The normalized spacial score (nSPS) is 13.5. The molecule has 3 aromatic carbocycles. The van der Waals surface area contributed by atoms with Gasteiger partial charge >= 0.3 is 5.97 Å². The third-order valence-electron chi connectivity index (χ3n) is 5.68. The number of nitrogens with one attached hydrogen (secondary N) is 1. The molecule has 1 atom stereocenters. The van der Waals surface area contributed by atoms with E-state index in [0.29, 0.717) is 12.1 Å². The van der Waals surface area contributed by atoms with Crippen LogP contribution in [0.2, 0.25) is 0 Å². The monoisotopic (exact) mass is 442 g/mol. The fourth-order valence-corrected chi connectivity index (χ4v) is 4.01. The average molecular weight is 443 g/mol. The molecule has 3 aromatic rings. The van der Waals surface area contributed by atoms with Crippen molar-refractivity contribution in [1.29, 1.82) is 0 Å². The average Bonchev–Trinajstić information content (AvgIpc) is 2.87. The lowest BCUT2D eigenvalue weighted by Gasteiger charge is -2.29.